The normalized spacial score (nSPS) is 10.4. The van der Waals surface area contributed by atoms with Crippen molar-refractivity contribution in [2.45, 2.75) is 6.92 Å². The predicted molar refractivity (Wildman–Crippen MR) is 72.5 cm³/mol. The molecule has 1 aromatic carbocycles. The molecule has 106 valence electrons. The van der Waals surface area contributed by atoms with Gasteiger partial charge in [-0.2, -0.15) is 4.98 Å². The molecular formula is C13H10BrF3N2O. The Morgan fingerprint density at radius 1 is 1.20 bits per heavy atom. The van der Waals surface area contributed by atoms with E-state index in [9.17, 15) is 13.2 Å². The second-order valence-corrected chi connectivity index (χ2v) is 4.67. The molecule has 0 fully saturated rings. The third-order valence-electron chi connectivity index (χ3n) is 2.34. The lowest BCUT2D eigenvalue weighted by atomic mass is 10.3. The Morgan fingerprint density at radius 2 is 1.95 bits per heavy atom. The molecule has 1 heterocycles. The molecule has 1 aromatic heterocycles. The van der Waals surface area contributed by atoms with Gasteiger partial charge in [0.2, 0.25) is 0 Å². The summed E-state index contributed by atoms with van der Waals surface area (Å²) in [5, 5.41) is 2.64. The van der Waals surface area contributed by atoms with Crippen LogP contribution >= 0.6 is 15.9 Å². The van der Waals surface area contributed by atoms with Gasteiger partial charge in [0, 0.05) is 18.7 Å². The number of rotatable bonds is 4. The molecule has 0 spiro atoms. The zero-order chi connectivity index (χ0) is 14.7. The van der Waals surface area contributed by atoms with Crippen LogP contribution in [-0.2, 0) is 0 Å². The van der Waals surface area contributed by atoms with E-state index in [4.69, 9.17) is 4.74 Å². The van der Waals surface area contributed by atoms with E-state index in [2.05, 4.69) is 26.2 Å². The van der Waals surface area contributed by atoms with Crippen LogP contribution in [0.15, 0.2) is 28.7 Å². The highest BCUT2D eigenvalue weighted by molar-refractivity contribution is 9.10. The molecule has 0 unspecified atom stereocenters. The Bertz CT molecular complexity index is 637. The lowest BCUT2D eigenvalue weighted by Crippen LogP contribution is -2.04. The van der Waals surface area contributed by atoms with Gasteiger partial charge in [-0.3, -0.25) is 0 Å². The molecule has 0 aliphatic rings. The van der Waals surface area contributed by atoms with Crippen molar-refractivity contribution in [3.05, 3.63) is 46.2 Å². The van der Waals surface area contributed by atoms with E-state index in [0.29, 0.717) is 17.1 Å². The van der Waals surface area contributed by atoms with E-state index in [1.54, 1.807) is 6.92 Å². The fraction of sp³-hybridized carbons (Fsp3) is 0.154. The topological polar surface area (TPSA) is 34.2 Å². The highest BCUT2D eigenvalue weighted by atomic mass is 79.9. The third kappa shape index (κ3) is 3.22. The summed E-state index contributed by atoms with van der Waals surface area (Å²) in [5.41, 5.74) is 0. The van der Waals surface area contributed by atoms with E-state index < -0.39 is 23.3 Å². The highest BCUT2D eigenvalue weighted by Gasteiger charge is 2.15. The summed E-state index contributed by atoms with van der Waals surface area (Å²) in [6.45, 7) is 2.16. The molecule has 0 bridgehead atoms. The quantitative estimate of drug-likeness (QED) is 0.885. The summed E-state index contributed by atoms with van der Waals surface area (Å²) in [5.74, 6) is -2.86. The molecule has 7 heteroatoms. The molecule has 0 saturated heterocycles. The minimum atomic E-state index is -0.972. The van der Waals surface area contributed by atoms with Crippen molar-refractivity contribution in [3.63, 3.8) is 0 Å². The first kappa shape index (κ1) is 14.6. The van der Waals surface area contributed by atoms with Crippen molar-refractivity contribution < 1.29 is 17.9 Å². The second-order valence-electron chi connectivity index (χ2n) is 3.81. The number of pyridine rings is 1. The van der Waals surface area contributed by atoms with Gasteiger partial charge in [0.25, 0.3) is 5.88 Å². The molecular weight excluding hydrogens is 337 g/mol. The molecule has 1 N–H and O–H groups in total. The number of halogens is 4. The van der Waals surface area contributed by atoms with Gasteiger partial charge < -0.3 is 10.1 Å². The van der Waals surface area contributed by atoms with E-state index in [1.807, 2.05) is 0 Å². The van der Waals surface area contributed by atoms with Gasteiger partial charge >= 0.3 is 0 Å². The molecule has 0 saturated carbocycles. The molecule has 0 amide bonds. The molecule has 0 aliphatic heterocycles. The summed E-state index contributed by atoms with van der Waals surface area (Å²) in [7, 11) is 0. The van der Waals surface area contributed by atoms with E-state index in [1.165, 1.54) is 12.1 Å². The highest BCUT2D eigenvalue weighted by Crippen LogP contribution is 2.31. The van der Waals surface area contributed by atoms with Gasteiger partial charge in [0.05, 0.1) is 4.47 Å². The fourth-order valence-electron chi connectivity index (χ4n) is 1.47. The van der Waals surface area contributed by atoms with E-state index >= 15 is 0 Å². The van der Waals surface area contributed by atoms with Gasteiger partial charge in [0.1, 0.15) is 11.6 Å². The molecule has 0 radical (unpaired) electrons. The SMILES string of the molecule is CCNc1nc(Oc2cc(F)ccc2Br)c(F)cc1F. The van der Waals surface area contributed by atoms with Crippen molar-refractivity contribution in [2.24, 2.45) is 0 Å². The van der Waals surface area contributed by atoms with Crippen molar-refractivity contribution in [1.82, 2.24) is 4.98 Å². The van der Waals surface area contributed by atoms with Crippen LogP contribution in [0.4, 0.5) is 19.0 Å². The maximum Gasteiger partial charge on any atom is 0.258 e. The lowest BCUT2D eigenvalue weighted by Gasteiger charge is -2.10. The zero-order valence-electron chi connectivity index (χ0n) is 10.4. The van der Waals surface area contributed by atoms with Crippen molar-refractivity contribution in [2.75, 3.05) is 11.9 Å². The minimum Gasteiger partial charge on any atom is -0.435 e. The molecule has 20 heavy (non-hydrogen) atoms. The first-order valence-electron chi connectivity index (χ1n) is 5.74. The summed E-state index contributed by atoms with van der Waals surface area (Å²) in [6, 6.07) is 4.36. The van der Waals surface area contributed by atoms with Crippen LogP contribution in [0, 0.1) is 17.5 Å². The summed E-state index contributed by atoms with van der Waals surface area (Å²) < 4.78 is 45.8. The monoisotopic (exact) mass is 346 g/mol. The fourth-order valence-corrected chi connectivity index (χ4v) is 1.80. The maximum absolute atomic E-state index is 13.6. The minimum absolute atomic E-state index is 0.0467. The molecule has 0 aliphatic carbocycles. The van der Waals surface area contributed by atoms with Crippen LogP contribution < -0.4 is 10.1 Å². The third-order valence-corrected chi connectivity index (χ3v) is 3.00. The largest absolute Gasteiger partial charge is 0.435 e. The van der Waals surface area contributed by atoms with Crippen LogP contribution in [0.3, 0.4) is 0 Å². The Kier molecular flexibility index (Phi) is 4.49. The van der Waals surface area contributed by atoms with Gasteiger partial charge in [-0.05, 0) is 35.0 Å². The van der Waals surface area contributed by atoms with Crippen LogP contribution in [0.25, 0.3) is 0 Å². The van der Waals surface area contributed by atoms with Crippen molar-refractivity contribution >= 4 is 21.7 Å². The number of ether oxygens (including phenoxy) is 1. The van der Waals surface area contributed by atoms with Crippen LogP contribution in [0.5, 0.6) is 11.6 Å². The van der Waals surface area contributed by atoms with Gasteiger partial charge in [-0.1, -0.05) is 0 Å². The van der Waals surface area contributed by atoms with Gasteiger partial charge in [0.15, 0.2) is 17.5 Å². The van der Waals surface area contributed by atoms with Crippen molar-refractivity contribution in [3.8, 4) is 11.6 Å². The average molecular weight is 347 g/mol. The first-order chi connectivity index (χ1) is 9.51. The number of benzene rings is 1. The van der Waals surface area contributed by atoms with Gasteiger partial charge in [-0.15, -0.1) is 0 Å². The first-order valence-corrected chi connectivity index (χ1v) is 6.53. The summed E-state index contributed by atoms with van der Waals surface area (Å²) in [6.07, 6.45) is 0. The maximum atomic E-state index is 13.6. The molecule has 3 nitrogen and oxygen atoms in total. The molecule has 0 atom stereocenters. The Morgan fingerprint density at radius 3 is 2.65 bits per heavy atom. The van der Waals surface area contributed by atoms with E-state index in [-0.39, 0.29) is 11.6 Å². The number of nitrogens with zero attached hydrogens (tertiary/aromatic N) is 1. The van der Waals surface area contributed by atoms with Crippen molar-refractivity contribution in [1.29, 1.82) is 0 Å². The standard InChI is InChI=1S/C13H10BrF3N2O/c1-2-18-12-9(16)6-10(17)13(19-12)20-11-5-7(15)3-4-8(11)14/h3-6H,2H2,1H3,(H,18,19). The summed E-state index contributed by atoms with van der Waals surface area (Å²) in [4.78, 5) is 3.70. The zero-order valence-corrected chi connectivity index (χ0v) is 12.0. The second kappa shape index (κ2) is 6.13. The Hall–Kier alpha value is -1.76. The number of aromatic nitrogens is 1. The molecule has 2 aromatic rings. The number of hydrogen-bond acceptors (Lipinski definition) is 3. The molecule has 2 rings (SSSR count). The Labute approximate surface area is 121 Å². The van der Waals surface area contributed by atoms with Crippen LogP contribution in [0.2, 0.25) is 0 Å². The summed E-state index contributed by atoms with van der Waals surface area (Å²) >= 11 is 3.14. The Balaban J connectivity index is 2.37. The predicted octanol–water partition coefficient (Wildman–Crippen LogP) is 4.49. The van der Waals surface area contributed by atoms with E-state index in [0.717, 1.165) is 6.07 Å². The lowest BCUT2D eigenvalue weighted by molar-refractivity contribution is 0.413. The number of hydrogen-bond donors (Lipinski definition) is 1. The van der Waals surface area contributed by atoms with Gasteiger partial charge in [-0.25, -0.2) is 13.2 Å². The smallest absolute Gasteiger partial charge is 0.258 e. The number of nitrogens with one attached hydrogen (secondary N) is 1. The number of anilines is 1. The van der Waals surface area contributed by atoms with Crippen LogP contribution in [0.1, 0.15) is 6.92 Å². The van der Waals surface area contributed by atoms with Crippen LogP contribution in [-0.4, -0.2) is 11.5 Å². The average Bonchev–Trinajstić information content (AvgIpc) is 2.39.